The second-order valence-corrected chi connectivity index (χ2v) is 5.10. The fraction of sp³-hybridized carbons (Fsp3) is 0.133. The van der Waals surface area contributed by atoms with Crippen LogP contribution in [-0.4, -0.2) is 17.4 Å². The van der Waals surface area contributed by atoms with Crippen LogP contribution in [0.4, 0.5) is 15.8 Å². The second kappa shape index (κ2) is 7.06. The standard InChI is InChI=1S/C15H12ClFN2O4/c1-9-2-4-12(13(6-9)19(21)22)18-15(20)8-23-14-5-3-10(17)7-11(14)16/h2-7H,8H2,1H3,(H,18,20). The first-order valence-corrected chi connectivity index (χ1v) is 6.87. The average Bonchev–Trinajstić information content (AvgIpc) is 2.48. The Labute approximate surface area is 136 Å². The van der Waals surface area contributed by atoms with Crippen LogP contribution < -0.4 is 10.1 Å². The summed E-state index contributed by atoms with van der Waals surface area (Å²) < 4.78 is 18.1. The Morgan fingerprint density at radius 1 is 1.35 bits per heavy atom. The molecule has 0 radical (unpaired) electrons. The van der Waals surface area contributed by atoms with E-state index in [1.54, 1.807) is 13.0 Å². The van der Waals surface area contributed by atoms with Crippen LogP contribution in [0.15, 0.2) is 36.4 Å². The van der Waals surface area contributed by atoms with Gasteiger partial charge in [0, 0.05) is 6.07 Å². The van der Waals surface area contributed by atoms with Crippen molar-refractivity contribution in [3.05, 3.63) is 62.9 Å². The lowest BCUT2D eigenvalue weighted by atomic mass is 10.2. The monoisotopic (exact) mass is 338 g/mol. The lowest BCUT2D eigenvalue weighted by Gasteiger charge is -2.09. The van der Waals surface area contributed by atoms with E-state index < -0.39 is 23.3 Å². The molecular weight excluding hydrogens is 327 g/mol. The molecule has 6 nitrogen and oxygen atoms in total. The van der Waals surface area contributed by atoms with Crippen LogP contribution in [0.3, 0.4) is 0 Å². The molecule has 0 aliphatic rings. The van der Waals surface area contributed by atoms with Crippen molar-refractivity contribution in [2.45, 2.75) is 6.92 Å². The lowest BCUT2D eigenvalue weighted by molar-refractivity contribution is -0.384. The summed E-state index contributed by atoms with van der Waals surface area (Å²) in [6.45, 7) is 1.29. The highest BCUT2D eigenvalue weighted by atomic mass is 35.5. The van der Waals surface area contributed by atoms with Crippen molar-refractivity contribution in [3.63, 3.8) is 0 Å². The molecule has 0 fully saturated rings. The summed E-state index contributed by atoms with van der Waals surface area (Å²) in [5, 5.41) is 13.4. The van der Waals surface area contributed by atoms with Gasteiger partial charge in [0.05, 0.1) is 9.95 Å². The number of anilines is 1. The minimum absolute atomic E-state index is 0.0270. The minimum Gasteiger partial charge on any atom is -0.482 e. The van der Waals surface area contributed by atoms with E-state index in [2.05, 4.69) is 5.32 Å². The third kappa shape index (κ3) is 4.40. The molecule has 0 bridgehead atoms. The van der Waals surface area contributed by atoms with Crippen LogP contribution in [0.2, 0.25) is 5.02 Å². The Balaban J connectivity index is 2.04. The number of hydrogen-bond donors (Lipinski definition) is 1. The van der Waals surface area contributed by atoms with Gasteiger partial charge in [-0.05, 0) is 36.8 Å². The molecular formula is C15H12ClFN2O4. The maximum Gasteiger partial charge on any atom is 0.293 e. The highest BCUT2D eigenvalue weighted by Gasteiger charge is 2.16. The molecule has 0 aliphatic carbocycles. The number of carbonyl (C=O) groups excluding carboxylic acids is 1. The Hall–Kier alpha value is -2.67. The van der Waals surface area contributed by atoms with Crippen molar-refractivity contribution in [1.29, 1.82) is 0 Å². The summed E-state index contributed by atoms with van der Waals surface area (Å²) in [5.74, 6) is -0.985. The summed E-state index contributed by atoms with van der Waals surface area (Å²) >= 11 is 5.77. The molecule has 2 rings (SSSR count). The van der Waals surface area contributed by atoms with Gasteiger partial charge in [-0.2, -0.15) is 0 Å². The fourth-order valence-electron chi connectivity index (χ4n) is 1.82. The van der Waals surface area contributed by atoms with Crippen molar-refractivity contribution >= 4 is 28.9 Å². The van der Waals surface area contributed by atoms with Gasteiger partial charge in [-0.1, -0.05) is 17.7 Å². The van der Waals surface area contributed by atoms with E-state index in [-0.39, 0.29) is 22.1 Å². The number of ether oxygens (including phenoxy) is 1. The molecule has 0 heterocycles. The Bertz CT molecular complexity index is 767. The first-order chi connectivity index (χ1) is 10.9. The predicted molar refractivity (Wildman–Crippen MR) is 83.4 cm³/mol. The number of amides is 1. The third-order valence-electron chi connectivity index (χ3n) is 2.88. The fourth-order valence-corrected chi connectivity index (χ4v) is 2.04. The van der Waals surface area contributed by atoms with Crippen LogP contribution in [0.5, 0.6) is 5.75 Å². The topological polar surface area (TPSA) is 81.5 Å². The Morgan fingerprint density at radius 2 is 2.09 bits per heavy atom. The molecule has 0 unspecified atom stereocenters. The van der Waals surface area contributed by atoms with E-state index in [1.807, 2.05) is 0 Å². The van der Waals surface area contributed by atoms with Gasteiger partial charge in [0.25, 0.3) is 11.6 Å². The van der Waals surface area contributed by atoms with Gasteiger partial charge in [-0.3, -0.25) is 14.9 Å². The lowest BCUT2D eigenvalue weighted by Crippen LogP contribution is -2.20. The van der Waals surface area contributed by atoms with E-state index in [9.17, 15) is 19.3 Å². The van der Waals surface area contributed by atoms with E-state index in [0.29, 0.717) is 5.56 Å². The van der Waals surface area contributed by atoms with Gasteiger partial charge in [-0.25, -0.2) is 4.39 Å². The Morgan fingerprint density at radius 3 is 2.74 bits per heavy atom. The largest absolute Gasteiger partial charge is 0.482 e. The molecule has 23 heavy (non-hydrogen) atoms. The molecule has 2 aromatic carbocycles. The summed E-state index contributed by atoms with van der Waals surface area (Å²) in [7, 11) is 0. The van der Waals surface area contributed by atoms with Gasteiger partial charge >= 0.3 is 0 Å². The number of nitro groups is 1. The maximum atomic E-state index is 12.9. The molecule has 0 aromatic heterocycles. The molecule has 120 valence electrons. The number of nitro benzene ring substituents is 1. The first-order valence-electron chi connectivity index (χ1n) is 6.49. The van der Waals surface area contributed by atoms with Crippen LogP contribution in [0, 0.1) is 22.9 Å². The van der Waals surface area contributed by atoms with Crippen molar-refractivity contribution < 1.29 is 18.8 Å². The molecule has 0 spiro atoms. The zero-order chi connectivity index (χ0) is 17.0. The van der Waals surface area contributed by atoms with Gasteiger partial charge in [0.2, 0.25) is 0 Å². The molecule has 2 aromatic rings. The average molecular weight is 339 g/mol. The highest BCUT2D eigenvalue weighted by molar-refractivity contribution is 6.32. The number of aryl methyl sites for hydroxylation is 1. The summed E-state index contributed by atoms with van der Waals surface area (Å²) in [6.07, 6.45) is 0. The SMILES string of the molecule is Cc1ccc(NC(=O)COc2ccc(F)cc2Cl)c([N+](=O)[O-])c1. The van der Waals surface area contributed by atoms with Crippen LogP contribution in [0.1, 0.15) is 5.56 Å². The van der Waals surface area contributed by atoms with E-state index in [0.717, 1.165) is 12.1 Å². The number of benzene rings is 2. The number of halogens is 2. The quantitative estimate of drug-likeness (QED) is 0.665. The van der Waals surface area contributed by atoms with Crippen molar-refractivity contribution in [1.82, 2.24) is 0 Å². The van der Waals surface area contributed by atoms with Crippen molar-refractivity contribution in [2.75, 3.05) is 11.9 Å². The number of rotatable bonds is 5. The molecule has 0 atom stereocenters. The summed E-state index contributed by atoms with van der Waals surface area (Å²) in [4.78, 5) is 22.2. The van der Waals surface area contributed by atoms with Crippen LogP contribution >= 0.6 is 11.6 Å². The second-order valence-electron chi connectivity index (χ2n) is 4.69. The van der Waals surface area contributed by atoms with Crippen LogP contribution in [-0.2, 0) is 4.79 Å². The van der Waals surface area contributed by atoms with E-state index in [4.69, 9.17) is 16.3 Å². The molecule has 0 aliphatic heterocycles. The van der Waals surface area contributed by atoms with Gasteiger partial charge in [-0.15, -0.1) is 0 Å². The normalized spacial score (nSPS) is 10.2. The zero-order valence-electron chi connectivity index (χ0n) is 12.0. The summed E-state index contributed by atoms with van der Waals surface area (Å²) in [5.41, 5.74) is 0.557. The molecule has 1 N–H and O–H groups in total. The Kier molecular flexibility index (Phi) is 5.13. The summed E-state index contributed by atoms with van der Waals surface area (Å²) in [6, 6.07) is 7.92. The van der Waals surface area contributed by atoms with Gasteiger partial charge in [0.15, 0.2) is 6.61 Å². The van der Waals surface area contributed by atoms with E-state index >= 15 is 0 Å². The van der Waals surface area contributed by atoms with Gasteiger partial charge < -0.3 is 10.1 Å². The molecule has 0 saturated heterocycles. The predicted octanol–water partition coefficient (Wildman–Crippen LogP) is 3.71. The smallest absolute Gasteiger partial charge is 0.293 e. The maximum absolute atomic E-state index is 12.9. The molecule has 1 amide bonds. The van der Waals surface area contributed by atoms with Crippen LogP contribution in [0.25, 0.3) is 0 Å². The number of nitrogens with zero attached hydrogens (tertiary/aromatic N) is 1. The van der Waals surface area contributed by atoms with Crippen molar-refractivity contribution in [3.8, 4) is 5.75 Å². The highest BCUT2D eigenvalue weighted by Crippen LogP contribution is 2.26. The molecule has 8 heteroatoms. The third-order valence-corrected chi connectivity index (χ3v) is 3.17. The van der Waals surface area contributed by atoms with Crippen molar-refractivity contribution in [2.24, 2.45) is 0 Å². The molecule has 0 saturated carbocycles. The zero-order valence-corrected chi connectivity index (χ0v) is 12.8. The number of hydrogen-bond acceptors (Lipinski definition) is 4. The number of nitrogens with one attached hydrogen (secondary N) is 1. The minimum atomic E-state index is -0.600. The first kappa shape index (κ1) is 16.7. The number of carbonyl (C=O) groups is 1. The van der Waals surface area contributed by atoms with Gasteiger partial charge in [0.1, 0.15) is 17.3 Å². The van der Waals surface area contributed by atoms with E-state index in [1.165, 1.54) is 18.2 Å².